The van der Waals surface area contributed by atoms with Crippen LogP contribution in [0.25, 0.3) is 0 Å². The van der Waals surface area contributed by atoms with E-state index in [2.05, 4.69) is 0 Å². The first-order chi connectivity index (χ1) is 10.6. The summed E-state index contributed by atoms with van der Waals surface area (Å²) in [5.74, 6) is -0.577. The Morgan fingerprint density at radius 3 is 2.82 bits per heavy atom. The lowest BCUT2D eigenvalue weighted by molar-refractivity contribution is -0.136. The van der Waals surface area contributed by atoms with Crippen molar-refractivity contribution in [2.24, 2.45) is 0 Å². The Balaban J connectivity index is 2.26. The van der Waals surface area contributed by atoms with Gasteiger partial charge >= 0.3 is 5.97 Å². The Bertz CT molecular complexity index is 525. The average Bonchev–Trinajstić information content (AvgIpc) is 3.03. The summed E-state index contributed by atoms with van der Waals surface area (Å²) < 4.78 is 11.0. The summed E-state index contributed by atoms with van der Waals surface area (Å²) >= 11 is 0. The van der Waals surface area contributed by atoms with E-state index in [1.165, 1.54) is 4.90 Å². The number of nitrogens with zero attached hydrogens (tertiary/aromatic N) is 1. The van der Waals surface area contributed by atoms with Gasteiger partial charge in [0.05, 0.1) is 18.7 Å². The van der Waals surface area contributed by atoms with Crippen LogP contribution in [0.1, 0.15) is 26.2 Å². The van der Waals surface area contributed by atoms with Crippen molar-refractivity contribution in [2.75, 3.05) is 24.7 Å². The molecule has 0 saturated carbocycles. The number of ether oxygens (including phenoxy) is 2. The van der Waals surface area contributed by atoms with Crippen molar-refractivity contribution in [2.45, 2.75) is 32.3 Å². The Morgan fingerprint density at radius 1 is 1.41 bits per heavy atom. The molecule has 22 heavy (non-hydrogen) atoms. The molecule has 1 N–H and O–H groups in total. The van der Waals surface area contributed by atoms with Crippen molar-refractivity contribution < 1.29 is 24.2 Å². The number of carbonyl (C=O) groups is 2. The zero-order valence-corrected chi connectivity index (χ0v) is 12.7. The summed E-state index contributed by atoms with van der Waals surface area (Å²) in [5, 5.41) is 8.93. The zero-order valence-electron chi connectivity index (χ0n) is 12.7. The number of aliphatic carboxylic acids is 1. The fraction of sp³-hybridized carbons (Fsp3) is 0.500. The molecule has 0 aliphatic carbocycles. The standard InChI is InChI=1S/C16H21NO5/c1-2-21-13-7-4-3-6-12(13)17(10-9-15(18)19)16(20)14-8-5-11-22-14/h3-4,6-7,14H,2,5,8-11H2,1H3,(H,18,19). The summed E-state index contributed by atoms with van der Waals surface area (Å²) in [5.41, 5.74) is 0.589. The third-order valence-corrected chi connectivity index (χ3v) is 3.48. The summed E-state index contributed by atoms with van der Waals surface area (Å²) in [6, 6.07) is 7.16. The summed E-state index contributed by atoms with van der Waals surface area (Å²) in [7, 11) is 0. The smallest absolute Gasteiger partial charge is 0.305 e. The van der Waals surface area contributed by atoms with Crippen LogP contribution in [0.15, 0.2) is 24.3 Å². The lowest BCUT2D eigenvalue weighted by Gasteiger charge is -2.26. The fourth-order valence-corrected chi connectivity index (χ4v) is 2.46. The number of amides is 1. The molecule has 1 unspecified atom stereocenters. The largest absolute Gasteiger partial charge is 0.492 e. The summed E-state index contributed by atoms with van der Waals surface area (Å²) in [4.78, 5) is 25.0. The van der Waals surface area contributed by atoms with Crippen LogP contribution < -0.4 is 9.64 Å². The molecule has 1 heterocycles. The van der Waals surface area contributed by atoms with Crippen LogP contribution in [-0.2, 0) is 14.3 Å². The van der Waals surface area contributed by atoms with Gasteiger partial charge < -0.3 is 19.5 Å². The number of carbonyl (C=O) groups excluding carboxylic acids is 1. The van der Waals surface area contributed by atoms with E-state index in [-0.39, 0.29) is 18.9 Å². The van der Waals surface area contributed by atoms with Gasteiger partial charge in [0.1, 0.15) is 11.9 Å². The normalized spacial score (nSPS) is 17.2. The van der Waals surface area contributed by atoms with Gasteiger partial charge in [-0.3, -0.25) is 9.59 Å². The molecule has 0 radical (unpaired) electrons. The van der Waals surface area contributed by atoms with Gasteiger partial charge in [-0.2, -0.15) is 0 Å². The molecule has 6 heteroatoms. The van der Waals surface area contributed by atoms with Gasteiger partial charge in [-0.1, -0.05) is 12.1 Å². The second-order valence-electron chi connectivity index (χ2n) is 5.04. The van der Waals surface area contributed by atoms with Gasteiger partial charge in [0.2, 0.25) is 0 Å². The van der Waals surface area contributed by atoms with Crippen molar-refractivity contribution >= 4 is 17.6 Å². The highest BCUT2D eigenvalue weighted by Crippen LogP contribution is 2.30. The zero-order chi connectivity index (χ0) is 15.9. The first-order valence-electron chi connectivity index (χ1n) is 7.50. The monoisotopic (exact) mass is 307 g/mol. The molecule has 120 valence electrons. The molecule has 6 nitrogen and oxygen atoms in total. The van der Waals surface area contributed by atoms with Gasteiger partial charge in [0.25, 0.3) is 5.91 Å². The minimum Gasteiger partial charge on any atom is -0.492 e. The summed E-state index contributed by atoms with van der Waals surface area (Å²) in [6.45, 7) is 2.99. The highest BCUT2D eigenvalue weighted by molar-refractivity contribution is 5.98. The number of hydrogen-bond acceptors (Lipinski definition) is 4. The molecule has 2 rings (SSSR count). The molecule has 0 spiro atoms. The van der Waals surface area contributed by atoms with E-state index >= 15 is 0 Å². The number of hydrogen-bond donors (Lipinski definition) is 1. The van der Waals surface area contributed by atoms with Gasteiger partial charge in [0, 0.05) is 13.2 Å². The van der Waals surface area contributed by atoms with E-state index in [1.54, 1.807) is 18.2 Å². The third kappa shape index (κ3) is 3.98. The second kappa shape index (κ2) is 7.79. The molecule has 1 amide bonds. The van der Waals surface area contributed by atoms with Gasteiger partial charge in [-0.15, -0.1) is 0 Å². The molecule has 1 aromatic carbocycles. The molecular formula is C16H21NO5. The van der Waals surface area contributed by atoms with Crippen molar-refractivity contribution in [3.05, 3.63) is 24.3 Å². The van der Waals surface area contributed by atoms with E-state index in [1.807, 2.05) is 13.0 Å². The van der Waals surface area contributed by atoms with Crippen molar-refractivity contribution in [3.63, 3.8) is 0 Å². The van der Waals surface area contributed by atoms with Crippen LogP contribution in [-0.4, -0.2) is 42.8 Å². The predicted molar refractivity (Wildman–Crippen MR) is 81.2 cm³/mol. The van der Waals surface area contributed by atoms with Crippen molar-refractivity contribution in [1.82, 2.24) is 0 Å². The number of para-hydroxylation sites is 2. The molecular weight excluding hydrogens is 286 g/mol. The Kier molecular flexibility index (Phi) is 5.77. The average molecular weight is 307 g/mol. The lowest BCUT2D eigenvalue weighted by atomic mass is 10.1. The molecule has 1 aliphatic heterocycles. The Hall–Kier alpha value is -2.08. The van der Waals surface area contributed by atoms with E-state index < -0.39 is 12.1 Å². The number of carboxylic acids is 1. The maximum absolute atomic E-state index is 12.7. The van der Waals surface area contributed by atoms with Gasteiger partial charge in [0.15, 0.2) is 0 Å². The number of anilines is 1. The van der Waals surface area contributed by atoms with Crippen molar-refractivity contribution in [1.29, 1.82) is 0 Å². The SMILES string of the molecule is CCOc1ccccc1N(CCC(=O)O)C(=O)C1CCCO1. The highest BCUT2D eigenvalue weighted by Gasteiger charge is 2.30. The molecule has 1 fully saturated rings. The van der Waals surface area contributed by atoms with Crippen LogP contribution in [0.3, 0.4) is 0 Å². The lowest BCUT2D eigenvalue weighted by Crippen LogP contribution is -2.40. The maximum atomic E-state index is 12.7. The Morgan fingerprint density at radius 2 is 2.18 bits per heavy atom. The van der Waals surface area contributed by atoms with Crippen LogP contribution in [0, 0.1) is 0 Å². The van der Waals surface area contributed by atoms with Crippen LogP contribution in [0.4, 0.5) is 5.69 Å². The van der Waals surface area contributed by atoms with Crippen LogP contribution in [0.5, 0.6) is 5.75 Å². The molecule has 1 atom stereocenters. The van der Waals surface area contributed by atoms with E-state index in [4.69, 9.17) is 14.6 Å². The third-order valence-electron chi connectivity index (χ3n) is 3.48. The van der Waals surface area contributed by atoms with E-state index in [0.717, 1.165) is 6.42 Å². The van der Waals surface area contributed by atoms with E-state index in [9.17, 15) is 9.59 Å². The first-order valence-corrected chi connectivity index (χ1v) is 7.50. The maximum Gasteiger partial charge on any atom is 0.305 e. The molecule has 1 aliphatic rings. The van der Waals surface area contributed by atoms with Crippen LogP contribution in [0.2, 0.25) is 0 Å². The van der Waals surface area contributed by atoms with Gasteiger partial charge in [-0.25, -0.2) is 0 Å². The quantitative estimate of drug-likeness (QED) is 0.834. The van der Waals surface area contributed by atoms with Crippen LogP contribution >= 0.6 is 0 Å². The molecule has 1 saturated heterocycles. The molecule has 0 aromatic heterocycles. The molecule has 1 aromatic rings. The number of carboxylic acid groups (broad SMARTS) is 1. The van der Waals surface area contributed by atoms with Crippen molar-refractivity contribution in [3.8, 4) is 5.75 Å². The van der Waals surface area contributed by atoms with E-state index in [0.29, 0.717) is 31.1 Å². The minimum atomic E-state index is -0.945. The second-order valence-corrected chi connectivity index (χ2v) is 5.04. The fourth-order valence-electron chi connectivity index (χ4n) is 2.46. The van der Waals surface area contributed by atoms with Gasteiger partial charge in [-0.05, 0) is 31.9 Å². The predicted octanol–water partition coefficient (Wildman–Crippen LogP) is 2.07. The number of benzene rings is 1. The topological polar surface area (TPSA) is 76.1 Å². The Labute approximate surface area is 129 Å². The minimum absolute atomic E-state index is 0.0954. The first kappa shape index (κ1) is 16.3. The molecule has 0 bridgehead atoms. The highest BCUT2D eigenvalue weighted by atomic mass is 16.5. The number of rotatable bonds is 7. The summed E-state index contributed by atoms with van der Waals surface area (Å²) in [6.07, 6.45) is 0.887.